The number of hydrogen-bond donors (Lipinski definition) is 2. The fourth-order valence-electron chi connectivity index (χ4n) is 2.25. The van der Waals surface area contributed by atoms with Gasteiger partial charge in [-0.1, -0.05) is 6.07 Å². The van der Waals surface area contributed by atoms with E-state index in [0.29, 0.717) is 13.1 Å². The van der Waals surface area contributed by atoms with Gasteiger partial charge in [-0.05, 0) is 25.1 Å². The number of amides is 1. The Hall–Kier alpha value is -1.51. The summed E-state index contributed by atoms with van der Waals surface area (Å²) < 4.78 is 39.6. The lowest BCUT2D eigenvalue weighted by molar-refractivity contribution is -0.125. The molecule has 1 unspecified atom stereocenters. The zero-order valence-corrected chi connectivity index (χ0v) is 12.5. The van der Waals surface area contributed by atoms with Crippen molar-refractivity contribution < 1.29 is 17.6 Å². The van der Waals surface area contributed by atoms with Crippen LogP contribution in [0.4, 0.5) is 4.39 Å². The topological polar surface area (TPSA) is 78.5 Å². The van der Waals surface area contributed by atoms with E-state index in [1.807, 2.05) is 0 Å². The summed E-state index contributed by atoms with van der Waals surface area (Å²) in [4.78, 5) is 11.9. The van der Waals surface area contributed by atoms with Gasteiger partial charge in [0.1, 0.15) is 11.9 Å². The molecule has 2 rings (SSSR count). The average Bonchev–Trinajstić information content (AvgIpc) is 2.47. The van der Waals surface area contributed by atoms with Gasteiger partial charge in [0.05, 0.1) is 4.90 Å². The third-order valence-electron chi connectivity index (χ3n) is 3.25. The van der Waals surface area contributed by atoms with Crippen molar-refractivity contribution in [1.29, 1.82) is 0 Å². The molecule has 2 N–H and O–H groups in total. The van der Waals surface area contributed by atoms with Gasteiger partial charge in [-0.15, -0.1) is 0 Å². The first-order valence-corrected chi connectivity index (χ1v) is 8.16. The molecule has 1 amide bonds. The standard InChI is InChI=1S/C13H18FN3O3S/c1-2-16-13(18)12-9-15-6-7-17(12)21(19,20)11-5-3-4-10(14)8-11/h3-5,8,12,15H,2,6-7,9H2,1H3,(H,16,18). The third kappa shape index (κ3) is 3.39. The average molecular weight is 315 g/mol. The van der Waals surface area contributed by atoms with Gasteiger partial charge in [0.25, 0.3) is 0 Å². The van der Waals surface area contributed by atoms with E-state index in [4.69, 9.17) is 0 Å². The molecule has 6 nitrogen and oxygen atoms in total. The van der Waals surface area contributed by atoms with Crippen LogP contribution in [0.15, 0.2) is 29.2 Å². The summed E-state index contributed by atoms with van der Waals surface area (Å²) in [5, 5.41) is 5.62. The van der Waals surface area contributed by atoms with Crippen LogP contribution < -0.4 is 10.6 Å². The van der Waals surface area contributed by atoms with Gasteiger partial charge >= 0.3 is 0 Å². The minimum atomic E-state index is -3.90. The van der Waals surface area contributed by atoms with Crippen LogP contribution >= 0.6 is 0 Å². The SMILES string of the molecule is CCNC(=O)C1CNCCN1S(=O)(=O)c1cccc(F)c1. The Morgan fingerprint density at radius 1 is 1.52 bits per heavy atom. The van der Waals surface area contributed by atoms with E-state index in [1.54, 1.807) is 6.92 Å². The summed E-state index contributed by atoms with van der Waals surface area (Å²) in [7, 11) is -3.90. The van der Waals surface area contributed by atoms with Crippen molar-refractivity contribution in [3.8, 4) is 0 Å². The number of likely N-dealkylation sites (N-methyl/N-ethyl adjacent to an activating group) is 1. The number of carbonyl (C=O) groups is 1. The second-order valence-electron chi connectivity index (χ2n) is 4.69. The molecule has 1 aromatic rings. The number of nitrogens with one attached hydrogen (secondary N) is 2. The van der Waals surface area contributed by atoms with Crippen molar-refractivity contribution in [1.82, 2.24) is 14.9 Å². The first kappa shape index (κ1) is 15.9. The van der Waals surface area contributed by atoms with Crippen molar-refractivity contribution in [2.45, 2.75) is 17.9 Å². The van der Waals surface area contributed by atoms with Gasteiger partial charge in [-0.2, -0.15) is 4.31 Å². The highest BCUT2D eigenvalue weighted by Gasteiger charge is 2.37. The zero-order valence-electron chi connectivity index (χ0n) is 11.7. The van der Waals surface area contributed by atoms with Gasteiger partial charge in [0.15, 0.2) is 0 Å². The van der Waals surface area contributed by atoms with Crippen LogP contribution in [0.2, 0.25) is 0 Å². The van der Waals surface area contributed by atoms with Gasteiger partial charge in [0.2, 0.25) is 15.9 Å². The van der Waals surface area contributed by atoms with E-state index >= 15 is 0 Å². The minimum absolute atomic E-state index is 0.140. The van der Waals surface area contributed by atoms with E-state index in [9.17, 15) is 17.6 Å². The third-order valence-corrected chi connectivity index (χ3v) is 5.15. The second kappa shape index (κ2) is 6.50. The number of sulfonamides is 1. The Labute approximate surface area is 123 Å². The molecule has 0 bridgehead atoms. The molecule has 21 heavy (non-hydrogen) atoms. The quantitative estimate of drug-likeness (QED) is 0.815. The summed E-state index contributed by atoms with van der Waals surface area (Å²) in [5.74, 6) is -0.981. The van der Waals surface area contributed by atoms with Crippen LogP contribution in [-0.4, -0.2) is 50.9 Å². The van der Waals surface area contributed by atoms with Crippen LogP contribution in [0.5, 0.6) is 0 Å². The lowest BCUT2D eigenvalue weighted by Crippen LogP contribution is -2.59. The molecule has 1 aromatic carbocycles. The van der Waals surface area contributed by atoms with Gasteiger partial charge in [-0.25, -0.2) is 12.8 Å². The molecule has 1 aliphatic rings. The van der Waals surface area contributed by atoms with Crippen molar-refractivity contribution in [3.63, 3.8) is 0 Å². The zero-order chi connectivity index (χ0) is 15.5. The minimum Gasteiger partial charge on any atom is -0.355 e. The lowest BCUT2D eigenvalue weighted by atomic mass is 10.2. The molecule has 0 spiro atoms. The molecule has 1 aliphatic heterocycles. The fourth-order valence-corrected chi connectivity index (χ4v) is 3.87. The molecule has 1 heterocycles. The van der Waals surface area contributed by atoms with E-state index in [0.717, 1.165) is 10.4 Å². The van der Waals surface area contributed by atoms with Crippen molar-refractivity contribution in [2.75, 3.05) is 26.2 Å². The molecule has 1 fully saturated rings. The molecule has 0 aromatic heterocycles. The number of rotatable bonds is 4. The Bertz CT molecular complexity index is 621. The largest absolute Gasteiger partial charge is 0.355 e. The number of halogens is 1. The lowest BCUT2D eigenvalue weighted by Gasteiger charge is -2.34. The maximum absolute atomic E-state index is 13.3. The molecule has 116 valence electrons. The molecule has 0 saturated carbocycles. The molecule has 1 saturated heterocycles. The molecular formula is C13H18FN3O3S. The number of nitrogens with zero attached hydrogens (tertiary/aromatic N) is 1. The normalized spacial score (nSPS) is 20.2. The highest BCUT2D eigenvalue weighted by molar-refractivity contribution is 7.89. The number of benzene rings is 1. The maximum atomic E-state index is 13.3. The predicted molar refractivity (Wildman–Crippen MR) is 75.6 cm³/mol. The van der Waals surface area contributed by atoms with Crippen LogP contribution in [0, 0.1) is 5.82 Å². The van der Waals surface area contributed by atoms with Crippen LogP contribution in [0.25, 0.3) is 0 Å². The fraction of sp³-hybridized carbons (Fsp3) is 0.462. The van der Waals surface area contributed by atoms with Crippen LogP contribution in [-0.2, 0) is 14.8 Å². The van der Waals surface area contributed by atoms with E-state index in [-0.39, 0.29) is 23.9 Å². The van der Waals surface area contributed by atoms with Crippen molar-refractivity contribution in [3.05, 3.63) is 30.1 Å². The van der Waals surface area contributed by atoms with Gasteiger partial charge < -0.3 is 10.6 Å². The number of hydrogen-bond acceptors (Lipinski definition) is 4. The van der Waals surface area contributed by atoms with E-state index in [2.05, 4.69) is 10.6 Å². The van der Waals surface area contributed by atoms with Crippen LogP contribution in [0.3, 0.4) is 0 Å². The summed E-state index contributed by atoms with van der Waals surface area (Å²) >= 11 is 0. The Kier molecular flexibility index (Phi) is 4.92. The highest BCUT2D eigenvalue weighted by Crippen LogP contribution is 2.20. The number of carbonyl (C=O) groups excluding carboxylic acids is 1. The molecule has 0 radical (unpaired) electrons. The monoisotopic (exact) mass is 315 g/mol. The molecular weight excluding hydrogens is 297 g/mol. The summed E-state index contributed by atoms with van der Waals surface area (Å²) in [6.45, 7) is 3.04. The van der Waals surface area contributed by atoms with Crippen molar-refractivity contribution in [2.24, 2.45) is 0 Å². The van der Waals surface area contributed by atoms with E-state index in [1.165, 1.54) is 18.2 Å². The molecule has 0 aliphatic carbocycles. The summed E-state index contributed by atoms with van der Waals surface area (Å²) in [5.41, 5.74) is 0. The molecule has 8 heteroatoms. The smallest absolute Gasteiger partial charge is 0.243 e. The Morgan fingerprint density at radius 2 is 2.29 bits per heavy atom. The van der Waals surface area contributed by atoms with Gasteiger partial charge in [0, 0.05) is 26.2 Å². The number of piperazine rings is 1. The van der Waals surface area contributed by atoms with Crippen LogP contribution in [0.1, 0.15) is 6.92 Å². The van der Waals surface area contributed by atoms with Crippen molar-refractivity contribution >= 4 is 15.9 Å². The van der Waals surface area contributed by atoms with E-state index < -0.39 is 21.9 Å². The maximum Gasteiger partial charge on any atom is 0.243 e. The predicted octanol–water partition coefficient (Wildman–Crippen LogP) is -0.0757. The van der Waals surface area contributed by atoms with Gasteiger partial charge in [-0.3, -0.25) is 4.79 Å². The molecule has 1 atom stereocenters. The first-order valence-electron chi connectivity index (χ1n) is 6.72. The first-order chi connectivity index (χ1) is 9.96. The Morgan fingerprint density at radius 3 is 2.95 bits per heavy atom. The highest BCUT2D eigenvalue weighted by atomic mass is 32.2. The summed E-state index contributed by atoms with van der Waals surface area (Å²) in [6.07, 6.45) is 0. The Balaban J connectivity index is 2.34. The summed E-state index contributed by atoms with van der Waals surface area (Å²) in [6, 6.07) is 3.98. The second-order valence-corrected chi connectivity index (χ2v) is 6.58.